The molecular weight excluding hydrogens is 476 g/mol. The number of hydrogen-bond donors (Lipinski definition) is 2. The summed E-state index contributed by atoms with van der Waals surface area (Å²) in [7, 11) is -2.03. The molecule has 0 aliphatic carbocycles. The first kappa shape index (κ1) is 25.0. The van der Waals surface area contributed by atoms with Crippen LogP contribution < -0.4 is 11.1 Å². The summed E-state index contributed by atoms with van der Waals surface area (Å²) < 4.78 is 28.8. The predicted octanol–water partition coefficient (Wildman–Crippen LogP) is -0.736. The van der Waals surface area contributed by atoms with Crippen LogP contribution in [0.15, 0.2) is 41.9 Å². The normalized spacial score (nSPS) is 25.6. The number of piperazine rings is 2. The van der Waals surface area contributed by atoms with Gasteiger partial charge in [-0.2, -0.15) is 4.31 Å². The number of primary amides is 1. The number of hydrogen-bond acceptors (Lipinski definition) is 8. The van der Waals surface area contributed by atoms with Crippen LogP contribution in [-0.2, 0) is 26.0 Å². The number of likely N-dealkylation sites (N-methyl/N-ethyl adjacent to an activating group) is 1. The Morgan fingerprint density at radius 1 is 1.24 bits per heavy atom. The fourth-order valence-electron chi connectivity index (χ4n) is 4.69. The van der Waals surface area contributed by atoms with Crippen LogP contribution in [0.25, 0.3) is 0 Å². The van der Waals surface area contributed by atoms with Gasteiger partial charge in [-0.05, 0) is 24.4 Å². The Balaban J connectivity index is 1.63. The molecule has 2 fully saturated rings. The van der Waals surface area contributed by atoms with Gasteiger partial charge in [0, 0.05) is 45.5 Å². The lowest BCUT2D eigenvalue weighted by atomic mass is 10.0. The molecule has 3 aliphatic rings. The summed E-state index contributed by atoms with van der Waals surface area (Å²) in [6.45, 7) is 2.13. The van der Waals surface area contributed by atoms with E-state index in [1.165, 1.54) is 9.21 Å². The summed E-state index contributed by atoms with van der Waals surface area (Å²) in [4.78, 5) is 31.4. The molecular formula is C22H32N6O4S2. The van der Waals surface area contributed by atoms with Crippen molar-refractivity contribution >= 4 is 33.6 Å². The zero-order chi connectivity index (χ0) is 24.3. The highest BCUT2D eigenvalue weighted by atomic mass is 32.2. The second-order valence-electron chi connectivity index (χ2n) is 8.80. The van der Waals surface area contributed by atoms with Gasteiger partial charge in [-0.15, -0.1) is 11.8 Å². The highest BCUT2D eigenvalue weighted by molar-refractivity contribution is 8.02. The minimum Gasteiger partial charge on any atom is -0.368 e. The van der Waals surface area contributed by atoms with Gasteiger partial charge in [0.15, 0.2) is 0 Å². The van der Waals surface area contributed by atoms with E-state index in [0.29, 0.717) is 25.5 Å². The molecule has 10 nitrogen and oxygen atoms in total. The number of nitrogens with two attached hydrogens (primary N) is 1. The fourth-order valence-corrected chi connectivity index (χ4v) is 7.47. The Morgan fingerprint density at radius 3 is 2.65 bits per heavy atom. The summed E-state index contributed by atoms with van der Waals surface area (Å²) >= 11 is 1.60. The summed E-state index contributed by atoms with van der Waals surface area (Å²) in [6, 6.07) is 7.58. The van der Waals surface area contributed by atoms with E-state index >= 15 is 0 Å². The Labute approximate surface area is 205 Å². The first-order chi connectivity index (χ1) is 16.3. The molecule has 1 aromatic rings. The van der Waals surface area contributed by atoms with E-state index < -0.39 is 33.4 Å². The summed E-state index contributed by atoms with van der Waals surface area (Å²) in [5.41, 5.74) is 6.58. The van der Waals surface area contributed by atoms with Gasteiger partial charge in [-0.25, -0.2) is 8.42 Å². The zero-order valence-corrected chi connectivity index (χ0v) is 20.9. The third-order valence-electron chi connectivity index (χ3n) is 6.59. The monoisotopic (exact) mass is 508 g/mol. The average molecular weight is 509 g/mol. The maximum absolute atomic E-state index is 13.8. The Bertz CT molecular complexity index is 1020. The van der Waals surface area contributed by atoms with E-state index in [9.17, 15) is 18.0 Å². The lowest BCUT2D eigenvalue weighted by Crippen LogP contribution is -2.67. The van der Waals surface area contributed by atoms with Crippen LogP contribution in [0.5, 0.6) is 0 Å². The molecule has 0 radical (unpaired) electrons. The molecule has 2 unspecified atom stereocenters. The second-order valence-corrected chi connectivity index (χ2v) is 11.7. The number of rotatable bonds is 8. The summed E-state index contributed by atoms with van der Waals surface area (Å²) in [5.74, 6) is -0.296. The van der Waals surface area contributed by atoms with E-state index in [0.717, 1.165) is 5.56 Å². The van der Waals surface area contributed by atoms with Crippen LogP contribution in [0.2, 0.25) is 0 Å². The van der Waals surface area contributed by atoms with E-state index in [1.807, 2.05) is 51.7 Å². The van der Waals surface area contributed by atoms with Crippen LogP contribution in [0.3, 0.4) is 0 Å². The Hall–Kier alpha value is -2.12. The molecule has 2 amide bonds. The van der Waals surface area contributed by atoms with Gasteiger partial charge in [0.2, 0.25) is 21.8 Å². The van der Waals surface area contributed by atoms with Crippen molar-refractivity contribution in [2.75, 3.05) is 52.2 Å². The number of nitrogens with one attached hydrogen (secondary N) is 1. The smallest absolute Gasteiger partial charge is 0.242 e. The molecule has 0 bridgehead atoms. The lowest BCUT2D eigenvalue weighted by Gasteiger charge is -2.45. The average Bonchev–Trinajstić information content (AvgIpc) is 3.33. The number of sulfonamides is 1. The number of thioether (sulfide) groups is 1. The van der Waals surface area contributed by atoms with Gasteiger partial charge in [-0.1, -0.05) is 30.3 Å². The maximum Gasteiger partial charge on any atom is 0.242 e. The number of carbonyl (C=O) groups is 2. The Kier molecular flexibility index (Phi) is 7.83. The van der Waals surface area contributed by atoms with Crippen LogP contribution >= 0.6 is 11.8 Å². The van der Waals surface area contributed by atoms with Crippen LogP contribution in [-0.4, -0.2) is 109 Å². The predicted molar refractivity (Wildman–Crippen MR) is 132 cm³/mol. The highest BCUT2D eigenvalue weighted by Gasteiger charge is 2.47. The summed E-state index contributed by atoms with van der Waals surface area (Å²) in [5, 5.41) is 4.33. The number of benzene rings is 1. The minimum absolute atomic E-state index is 0.115. The molecule has 0 aromatic heterocycles. The van der Waals surface area contributed by atoms with Gasteiger partial charge < -0.3 is 20.9 Å². The van der Waals surface area contributed by atoms with Crippen molar-refractivity contribution < 1.29 is 18.0 Å². The molecule has 34 heavy (non-hydrogen) atoms. The third-order valence-corrected chi connectivity index (χ3v) is 9.69. The molecule has 3 aliphatic heterocycles. The van der Waals surface area contributed by atoms with Gasteiger partial charge in [0.05, 0.1) is 5.88 Å². The molecule has 0 saturated carbocycles. The molecule has 3 N–H and O–H groups in total. The van der Waals surface area contributed by atoms with Crippen molar-refractivity contribution in [3.63, 3.8) is 0 Å². The zero-order valence-electron chi connectivity index (χ0n) is 19.2. The number of carbonyl (C=O) groups excluding carboxylic acids is 2. The van der Waals surface area contributed by atoms with E-state index in [1.54, 1.807) is 18.8 Å². The summed E-state index contributed by atoms with van der Waals surface area (Å²) in [6.07, 6.45) is 2.10. The Morgan fingerprint density at radius 2 is 2.00 bits per heavy atom. The first-order valence-electron chi connectivity index (χ1n) is 11.4. The maximum atomic E-state index is 13.8. The van der Waals surface area contributed by atoms with E-state index in [2.05, 4.69) is 5.32 Å². The van der Waals surface area contributed by atoms with Crippen molar-refractivity contribution in [2.45, 2.75) is 23.9 Å². The molecule has 186 valence electrons. The standard InChI is InChI=1S/C22H32N6O4S2/c1-25-8-7-24-14-20(25)34(31,32)28-10-9-27(19(21(23)29)15-26-11-12-33-16-26)22(30)18(28)13-17-5-3-2-4-6-17/h2-6,11-12,18-20,24H,7-10,13-16H2,1H3,(H2,23,29)/t18-,19?,20?/m1/s1. The van der Waals surface area contributed by atoms with Gasteiger partial charge in [0.1, 0.15) is 17.5 Å². The lowest BCUT2D eigenvalue weighted by molar-refractivity contribution is -0.146. The number of nitrogens with zero attached hydrogens (tertiary/aromatic N) is 4. The first-order valence-corrected chi connectivity index (χ1v) is 13.9. The topological polar surface area (TPSA) is 119 Å². The SMILES string of the molecule is CN1CCNCC1S(=O)(=O)N1CCN(C(CN2C=CSC2)C(N)=O)C(=O)[C@H]1Cc1ccccc1. The van der Waals surface area contributed by atoms with Gasteiger partial charge >= 0.3 is 0 Å². The van der Waals surface area contributed by atoms with Crippen molar-refractivity contribution in [3.8, 4) is 0 Å². The van der Waals surface area contributed by atoms with Crippen molar-refractivity contribution in [1.29, 1.82) is 0 Å². The van der Waals surface area contributed by atoms with Crippen molar-refractivity contribution in [1.82, 2.24) is 24.3 Å². The molecule has 2 saturated heterocycles. The van der Waals surface area contributed by atoms with E-state index in [-0.39, 0.29) is 32.0 Å². The quantitative estimate of drug-likeness (QED) is 0.472. The molecule has 3 heterocycles. The van der Waals surface area contributed by atoms with Crippen molar-refractivity contribution in [2.24, 2.45) is 5.73 Å². The third kappa shape index (κ3) is 5.25. The van der Waals surface area contributed by atoms with Crippen LogP contribution in [0.4, 0.5) is 0 Å². The van der Waals surface area contributed by atoms with Gasteiger partial charge in [-0.3, -0.25) is 14.5 Å². The highest BCUT2D eigenvalue weighted by Crippen LogP contribution is 2.26. The van der Waals surface area contributed by atoms with Crippen LogP contribution in [0, 0.1) is 0 Å². The molecule has 3 atom stereocenters. The fraction of sp³-hybridized carbons (Fsp3) is 0.545. The number of amides is 2. The van der Waals surface area contributed by atoms with E-state index in [4.69, 9.17) is 5.73 Å². The van der Waals surface area contributed by atoms with Crippen molar-refractivity contribution in [3.05, 3.63) is 47.5 Å². The second kappa shape index (κ2) is 10.6. The molecule has 1 aromatic carbocycles. The molecule has 12 heteroatoms. The van der Waals surface area contributed by atoms with Crippen LogP contribution in [0.1, 0.15) is 5.56 Å². The largest absolute Gasteiger partial charge is 0.368 e. The molecule has 0 spiro atoms. The minimum atomic E-state index is -3.82. The van der Waals surface area contributed by atoms with Gasteiger partial charge in [0.25, 0.3) is 0 Å². The molecule has 4 rings (SSSR count).